The summed E-state index contributed by atoms with van der Waals surface area (Å²) in [6.07, 6.45) is 15.1. The zero-order valence-electron chi connectivity index (χ0n) is 38.8. The number of nitrogens with zero attached hydrogens (tertiary/aromatic N) is 5. The lowest BCUT2D eigenvalue weighted by Crippen LogP contribution is -2.14. The first kappa shape index (κ1) is 41.2. The summed E-state index contributed by atoms with van der Waals surface area (Å²) in [4.78, 5) is 18.1. The number of fused-ring (bicyclic) bond motifs is 6. The lowest BCUT2D eigenvalue weighted by atomic mass is 9.82. The molecule has 0 saturated heterocycles. The Hall–Kier alpha value is -9.06. The SMILES string of the molecule is CC1(C)c2ccccc2-c2cc3c4cc(-c5cc(-c6cccc(-c7cncc(-c8cccnc8)c7)c6)cc(-c6cccc(-c7cncc(-c8cccnc8)c7)c6)c5)ccc4n(-c4ccccc4)c3cc21. The van der Waals surface area contributed by atoms with E-state index < -0.39 is 0 Å². The molecule has 0 aliphatic heterocycles. The first-order chi connectivity index (χ1) is 34.4. The van der Waals surface area contributed by atoms with E-state index in [2.05, 4.69) is 214 Å². The zero-order valence-corrected chi connectivity index (χ0v) is 38.8. The Labute approximate surface area is 407 Å². The minimum absolute atomic E-state index is 0.119. The standard InChI is InChI=1S/C65H45N5/c1-65(2)61-21-7-6-20-57(61)58-34-60-59-33-46(22-23-63(59)70(64(60)35-62(58)65)56-18-4-3-5-19-56)51-29-49(42-12-8-14-44(26-42)52-31-54(40-68-38-52)47-16-10-24-66-36-47)28-50(30-51)43-13-9-15-45(27-43)53-32-55(41-69-39-53)48-17-11-25-67-37-48/h3-41H,1-2H3. The fourth-order valence-electron chi connectivity index (χ4n) is 10.7. The van der Waals surface area contributed by atoms with Crippen molar-refractivity contribution in [2.24, 2.45) is 0 Å². The topological polar surface area (TPSA) is 56.5 Å². The van der Waals surface area contributed by atoms with Gasteiger partial charge in [0, 0.05) is 105 Å². The molecule has 0 N–H and O–H groups in total. The first-order valence-electron chi connectivity index (χ1n) is 23.8. The van der Waals surface area contributed by atoms with Gasteiger partial charge in [0.2, 0.25) is 0 Å². The zero-order chi connectivity index (χ0) is 46.8. The van der Waals surface area contributed by atoms with Crippen LogP contribution in [0.4, 0.5) is 0 Å². The highest BCUT2D eigenvalue weighted by molar-refractivity contribution is 6.13. The third-order valence-electron chi connectivity index (χ3n) is 14.3. The Kier molecular flexibility index (Phi) is 9.77. The Bertz CT molecular complexity index is 3820. The van der Waals surface area contributed by atoms with Crippen molar-refractivity contribution in [3.05, 3.63) is 249 Å². The van der Waals surface area contributed by atoms with Gasteiger partial charge in [0.25, 0.3) is 0 Å². The Morgan fingerprint density at radius 2 is 0.757 bits per heavy atom. The number of benzene rings is 7. The van der Waals surface area contributed by atoms with Crippen molar-refractivity contribution in [3.63, 3.8) is 0 Å². The van der Waals surface area contributed by atoms with E-state index in [9.17, 15) is 0 Å². The second-order valence-corrected chi connectivity index (χ2v) is 18.9. The summed E-state index contributed by atoms with van der Waals surface area (Å²) in [6, 6.07) is 68.8. The van der Waals surface area contributed by atoms with Gasteiger partial charge in [-0.25, -0.2) is 0 Å². The predicted molar refractivity (Wildman–Crippen MR) is 288 cm³/mol. The summed E-state index contributed by atoms with van der Waals surface area (Å²) in [6.45, 7) is 4.72. The van der Waals surface area contributed by atoms with Crippen LogP contribution in [0.1, 0.15) is 25.0 Å². The molecule has 5 heteroatoms. The summed E-state index contributed by atoms with van der Waals surface area (Å²) in [5.41, 5.74) is 24.0. The number of hydrogen-bond acceptors (Lipinski definition) is 4. The molecule has 0 atom stereocenters. The third kappa shape index (κ3) is 7.10. The van der Waals surface area contributed by atoms with Gasteiger partial charge in [-0.1, -0.05) is 111 Å². The lowest BCUT2D eigenvalue weighted by Gasteiger charge is -2.21. The molecule has 330 valence electrons. The van der Waals surface area contributed by atoms with Crippen molar-refractivity contribution < 1.29 is 0 Å². The van der Waals surface area contributed by atoms with Crippen molar-refractivity contribution in [2.75, 3.05) is 0 Å². The fourth-order valence-corrected chi connectivity index (χ4v) is 10.7. The Morgan fingerprint density at radius 1 is 0.300 bits per heavy atom. The minimum atomic E-state index is -0.119. The van der Waals surface area contributed by atoms with Gasteiger partial charge in [-0.2, -0.15) is 0 Å². The van der Waals surface area contributed by atoms with Crippen molar-refractivity contribution >= 4 is 21.8 Å². The Balaban J connectivity index is 0.990. The Morgan fingerprint density at radius 3 is 1.33 bits per heavy atom. The molecule has 1 aliphatic carbocycles. The fraction of sp³-hybridized carbons (Fsp3) is 0.0462. The average molecular weight is 896 g/mol. The molecule has 0 fully saturated rings. The van der Waals surface area contributed by atoms with Crippen LogP contribution in [-0.2, 0) is 5.41 Å². The van der Waals surface area contributed by atoms with Gasteiger partial charge in [-0.15, -0.1) is 0 Å². The molecular weight excluding hydrogens is 851 g/mol. The molecule has 7 aromatic carbocycles. The molecule has 5 aromatic heterocycles. The van der Waals surface area contributed by atoms with Crippen molar-refractivity contribution in [1.82, 2.24) is 24.5 Å². The molecule has 0 spiro atoms. The van der Waals surface area contributed by atoms with E-state index in [1.807, 2.05) is 49.3 Å². The highest BCUT2D eigenvalue weighted by atomic mass is 15.0. The molecule has 0 amide bonds. The summed E-state index contributed by atoms with van der Waals surface area (Å²) >= 11 is 0. The van der Waals surface area contributed by atoms with Crippen LogP contribution < -0.4 is 0 Å². The van der Waals surface area contributed by atoms with Crippen LogP contribution in [0.5, 0.6) is 0 Å². The summed E-state index contributed by atoms with van der Waals surface area (Å²) in [7, 11) is 0. The van der Waals surface area contributed by atoms with Crippen LogP contribution in [-0.4, -0.2) is 24.5 Å². The average Bonchev–Trinajstić information content (AvgIpc) is 3.87. The second-order valence-electron chi connectivity index (χ2n) is 18.9. The summed E-state index contributed by atoms with van der Waals surface area (Å²) in [5.74, 6) is 0. The highest BCUT2D eigenvalue weighted by Crippen LogP contribution is 2.51. The second kappa shape index (κ2) is 16.6. The molecule has 1 aliphatic rings. The van der Waals surface area contributed by atoms with E-state index in [1.54, 1.807) is 12.4 Å². The van der Waals surface area contributed by atoms with Crippen LogP contribution in [0.25, 0.3) is 117 Å². The van der Waals surface area contributed by atoms with Crippen molar-refractivity contribution in [3.8, 4) is 94.7 Å². The van der Waals surface area contributed by atoms with Crippen LogP contribution in [0.2, 0.25) is 0 Å². The van der Waals surface area contributed by atoms with Crippen LogP contribution >= 0.6 is 0 Å². The normalized spacial score (nSPS) is 12.5. The molecule has 0 radical (unpaired) electrons. The van der Waals surface area contributed by atoms with Gasteiger partial charge in [0.1, 0.15) is 0 Å². The van der Waals surface area contributed by atoms with E-state index in [-0.39, 0.29) is 5.41 Å². The maximum absolute atomic E-state index is 4.67. The third-order valence-corrected chi connectivity index (χ3v) is 14.3. The molecule has 0 saturated carbocycles. The maximum atomic E-state index is 4.67. The van der Waals surface area contributed by atoms with Crippen molar-refractivity contribution in [2.45, 2.75) is 19.3 Å². The number of hydrogen-bond donors (Lipinski definition) is 0. The lowest BCUT2D eigenvalue weighted by molar-refractivity contribution is 0.661. The first-order valence-corrected chi connectivity index (χ1v) is 23.8. The number of para-hydroxylation sites is 1. The van der Waals surface area contributed by atoms with Gasteiger partial charge < -0.3 is 4.57 Å². The van der Waals surface area contributed by atoms with Gasteiger partial charge >= 0.3 is 0 Å². The van der Waals surface area contributed by atoms with Gasteiger partial charge in [-0.05, 0) is 158 Å². The monoisotopic (exact) mass is 895 g/mol. The van der Waals surface area contributed by atoms with E-state index in [0.29, 0.717) is 0 Å². The predicted octanol–water partition coefficient (Wildman–Crippen LogP) is 16.3. The quantitative estimate of drug-likeness (QED) is 0.152. The molecule has 5 nitrogen and oxygen atoms in total. The minimum Gasteiger partial charge on any atom is -0.309 e. The highest BCUT2D eigenvalue weighted by Gasteiger charge is 2.36. The molecule has 12 aromatic rings. The largest absolute Gasteiger partial charge is 0.309 e. The number of rotatable bonds is 8. The smallest absolute Gasteiger partial charge is 0.0544 e. The summed E-state index contributed by atoms with van der Waals surface area (Å²) < 4.78 is 2.45. The molecule has 0 unspecified atom stereocenters. The number of pyridine rings is 4. The van der Waals surface area contributed by atoms with E-state index in [0.717, 1.165) is 83.6 Å². The van der Waals surface area contributed by atoms with Crippen LogP contribution in [0.3, 0.4) is 0 Å². The van der Waals surface area contributed by atoms with Gasteiger partial charge in [0.15, 0.2) is 0 Å². The molecule has 5 heterocycles. The molecule has 13 rings (SSSR count). The number of aromatic nitrogens is 5. The van der Waals surface area contributed by atoms with Gasteiger partial charge in [-0.3, -0.25) is 19.9 Å². The molecule has 0 bridgehead atoms. The molecule has 70 heavy (non-hydrogen) atoms. The van der Waals surface area contributed by atoms with Crippen LogP contribution in [0, 0.1) is 0 Å². The molecular formula is C65H45N5. The van der Waals surface area contributed by atoms with Gasteiger partial charge in [0.05, 0.1) is 11.0 Å². The van der Waals surface area contributed by atoms with E-state index in [1.165, 1.54) is 44.1 Å². The summed E-state index contributed by atoms with van der Waals surface area (Å²) in [5, 5.41) is 2.47. The van der Waals surface area contributed by atoms with E-state index >= 15 is 0 Å². The van der Waals surface area contributed by atoms with Crippen LogP contribution in [0.15, 0.2) is 238 Å². The van der Waals surface area contributed by atoms with E-state index in [4.69, 9.17) is 0 Å². The maximum Gasteiger partial charge on any atom is 0.0544 e. The van der Waals surface area contributed by atoms with Crippen molar-refractivity contribution in [1.29, 1.82) is 0 Å².